The summed E-state index contributed by atoms with van der Waals surface area (Å²) in [5.41, 5.74) is 4.62. The molecular formula is C17H18BrN3. The maximum atomic E-state index is 4.71. The van der Waals surface area contributed by atoms with Gasteiger partial charge in [0.15, 0.2) is 0 Å². The van der Waals surface area contributed by atoms with E-state index in [1.807, 2.05) is 0 Å². The van der Waals surface area contributed by atoms with E-state index < -0.39 is 0 Å². The maximum Gasteiger partial charge on any atom is 0.0894 e. The lowest BCUT2D eigenvalue weighted by molar-refractivity contribution is 0.671. The van der Waals surface area contributed by atoms with Gasteiger partial charge in [-0.1, -0.05) is 40.2 Å². The molecule has 3 nitrogen and oxygen atoms in total. The predicted octanol–water partition coefficient (Wildman–Crippen LogP) is 4.74. The van der Waals surface area contributed by atoms with Crippen LogP contribution in [0, 0.1) is 6.92 Å². The van der Waals surface area contributed by atoms with Gasteiger partial charge >= 0.3 is 0 Å². The zero-order chi connectivity index (χ0) is 14.8. The smallest absolute Gasteiger partial charge is 0.0894 e. The number of aryl methyl sites for hydroxylation is 2. The van der Waals surface area contributed by atoms with Gasteiger partial charge in [-0.2, -0.15) is 5.10 Å². The Morgan fingerprint density at radius 1 is 1.19 bits per heavy atom. The number of para-hydroxylation sites is 1. The van der Waals surface area contributed by atoms with E-state index in [4.69, 9.17) is 5.10 Å². The number of benzene rings is 2. The molecule has 0 aliphatic rings. The first-order valence-corrected chi connectivity index (χ1v) is 7.93. The van der Waals surface area contributed by atoms with E-state index in [2.05, 4.69) is 82.2 Å². The van der Waals surface area contributed by atoms with Crippen molar-refractivity contribution in [3.63, 3.8) is 0 Å². The predicted molar refractivity (Wildman–Crippen MR) is 91.6 cm³/mol. The van der Waals surface area contributed by atoms with Gasteiger partial charge in [0.25, 0.3) is 0 Å². The molecule has 0 atom stereocenters. The van der Waals surface area contributed by atoms with Crippen LogP contribution in [0.2, 0.25) is 0 Å². The zero-order valence-corrected chi connectivity index (χ0v) is 13.8. The summed E-state index contributed by atoms with van der Waals surface area (Å²) < 4.78 is 3.17. The highest BCUT2D eigenvalue weighted by Gasteiger charge is 2.08. The summed E-state index contributed by atoms with van der Waals surface area (Å²) in [6.45, 7) is 5.82. The topological polar surface area (TPSA) is 29.9 Å². The highest BCUT2D eigenvalue weighted by atomic mass is 79.9. The fourth-order valence-corrected chi connectivity index (χ4v) is 2.84. The third-order valence-electron chi connectivity index (χ3n) is 3.67. The standard InChI is InChI=1S/C17H18BrN3/c1-3-21-17-7-5-4-6-14(17)16(20-21)11-19-13-9-8-12(2)15(18)10-13/h4-10,19H,3,11H2,1-2H3. The molecule has 0 spiro atoms. The van der Waals surface area contributed by atoms with E-state index in [1.165, 1.54) is 16.5 Å². The number of fused-ring (bicyclic) bond motifs is 1. The highest BCUT2D eigenvalue weighted by molar-refractivity contribution is 9.10. The minimum absolute atomic E-state index is 0.725. The molecule has 0 fully saturated rings. The van der Waals surface area contributed by atoms with Crippen molar-refractivity contribution in [1.82, 2.24) is 9.78 Å². The molecule has 1 heterocycles. The van der Waals surface area contributed by atoms with E-state index in [9.17, 15) is 0 Å². The van der Waals surface area contributed by atoms with Crippen molar-refractivity contribution in [1.29, 1.82) is 0 Å². The highest BCUT2D eigenvalue weighted by Crippen LogP contribution is 2.23. The third kappa shape index (κ3) is 2.81. The van der Waals surface area contributed by atoms with E-state index in [-0.39, 0.29) is 0 Å². The molecule has 3 aromatic rings. The van der Waals surface area contributed by atoms with Crippen LogP contribution in [-0.2, 0) is 13.1 Å². The maximum absolute atomic E-state index is 4.71. The van der Waals surface area contributed by atoms with Crippen LogP contribution in [0.5, 0.6) is 0 Å². The largest absolute Gasteiger partial charge is 0.379 e. The van der Waals surface area contributed by atoms with Gasteiger partial charge in [-0.05, 0) is 37.6 Å². The molecule has 0 bridgehead atoms. The Labute approximate surface area is 133 Å². The summed E-state index contributed by atoms with van der Waals surface area (Å²) in [6.07, 6.45) is 0. The first kappa shape index (κ1) is 14.1. The number of nitrogens with zero attached hydrogens (tertiary/aromatic N) is 2. The second kappa shape index (κ2) is 5.90. The molecule has 108 valence electrons. The van der Waals surface area contributed by atoms with Gasteiger partial charge in [0, 0.05) is 22.1 Å². The molecule has 1 aromatic heterocycles. The summed E-state index contributed by atoms with van der Waals surface area (Å²) in [6, 6.07) is 14.7. The number of nitrogens with one attached hydrogen (secondary N) is 1. The van der Waals surface area contributed by atoms with Crippen LogP contribution in [0.3, 0.4) is 0 Å². The number of anilines is 1. The van der Waals surface area contributed by atoms with Crippen molar-refractivity contribution in [3.05, 3.63) is 58.2 Å². The van der Waals surface area contributed by atoms with Gasteiger partial charge in [0.2, 0.25) is 0 Å². The number of rotatable bonds is 4. The Kier molecular flexibility index (Phi) is 3.97. The Morgan fingerprint density at radius 3 is 2.76 bits per heavy atom. The number of hydrogen-bond acceptors (Lipinski definition) is 2. The van der Waals surface area contributed by atoms with E-state index in [1.54, 1.807) is 0 Å². The van der Waals surface area contributed by atoms with Gasteiger partial charge in [0.1, 0.15) is 0 Å². The monoisotopic (exact) mass is 343 g/mol. The van der Waals surface area contributed by atoms with Crippen molar-refractivity contribution in [2.75, 3.05) is 5.32 Å². The third-order valence-corrected chi connectivity index (χ3v) is 4.52. The van der Waals surface area contributed by atoms with Crippen molar-refractivity contribution >= 4 is 32.5 Å². The summed E-state index contributed by atoms with van der Waals surface area (Å²) in [5.74, 6) is 0. The Morgan fingerprint density at radius 2 is 2.00 bits per heavy atom. The average Bonchev–Trinajstić information content (AvgIpc) is 2.87. The Hall–Kier alpha value is -1.81. The Bertz CT molecular complexity index is 777. The van der Waals surface area contributed by atoms with Crippen LogP contribution in [0.25, 0.3) is 10.9 Å². The van der Waals surface area contributed by atoms with Crippen LogP contribution in [-0.4, -0.2) is 9.78 Å². The van der Waals surface area contributed by atoms with Crippen LogP contribution < -0.4 is 5.32 Å². The second-order valence-corrected chi connectivity index (χ2v) is 5.95. The number of hydrogen-bond donors (Lipinski definition) is 1. The lowest BCUT2D eigenvalue weighted by Gasteiger charge is -2.07. The van der Waals surface area contributed by atoms with Crippen LogP contribution in [0.15, 0.2) is 46.9 Å². The first-order valence-electron chi connectivity index (χ1n) is 7.13. The van der Waals surface area contributed by atoms with Crippen LogP contribution in [0.4, 0.5) is 5.69 Å². The minimum Gasteiger partial charge on any atom is -0.379 e. The van der Waals surface area contributed by atoms with Gasteiger partial charge in [0.05, 0.1) is 17.8 Å². The minimum atomic E-state index is 0.725. The number of halogens is 1. The summed E-state index contributed by atoms with van der Waals surface area (Å²) in [7, 11) is 0. The van der Waals surface area contributed by atoms with Crippen molar-refractivity contribution in [3.8, 4) is 0 Å². The molecule has 1 N–H and O–H groups in total. The van der Waals surface area contributed by atoms with Crippen LogP contribution >= 0.6 is 15.9 Å². The number of aromatic nitrogens is 2. The summed E-state index contributed by atoms with van der Waals surface area (Å²) >= 11 is 3.57. The fourth-order valence-electron chi connectivity index (χ4n) is 2.46. The van der Waals surface area contributed by atoms with Gasteiger partial charge in [-0.15, -0.1) is 0 Å². The molecule has 21 heavy (non-hydrogen) atoms. The lowest BCUT2D eigenvalue weighted by Crippen LogP contribution is -2.02. The summed E-state index contributed by atoms with van der Waals surface area (Å²) in [5, 5.41) is 9.38. The Balaban J connectivity index is 1.86. The zero-order valence-electron chi connectivity index (χ0n) is 12.2. The molecule has 3 rings (SSSR count). The van der Waals surface area contributed by atoms with E-state index >= 15 is 0 Å². The molecule has 0 saturated carbocycles. The molecule has 0 aliphatic carbocycles. The molecular weight excluding hydrogens is 326 g/mol. The molecule has 0 unspecified atom stereocenters. The molecule has 0 aliphatic heterocycles. The van der Waals surface area contributed by atoms with Crippen LogP contribution in [0.1, 0.15) is 18.2 Å². The molecule has 0 radical (unpaired) electrons. The summed E-state index contributed by atoms with van der Waals surface area (Å²) in [4.78, 5) is 0. The fraction of sp³-hybridized carbons (Fsp3) is 0.235. The van der Waals surface area contributed by atoms with Gasteiger partial charge in [-0.25, -0.2) is 0 Å². The van der Waals surface area contributed by atoms with E-state index in [0.717, 1.165) is 28.9 Å². The van der Waals surface area contributed by atoms with Crippen molar-refractivity contribution in [2.45, 2.75) is 26.9 Å². The quantitative estimate of drug-likeness (QED) is 0.741. The van der Waals surface area contributed by atoms with Gasteiger partial charge in [-0.3, -0.25) is 4.68 Å². The average molecular weight is 344 g/mol. The van der Waals surface area contributed by atoms with Crippen molar-refractivity contribution < 1.29 is 0 Å². The normalized spacial score (nSPS) is 11.0. The lowest BCUT2D eigenvalue weighted by atomic mass is 10.2. The van der Waals surface area contributed by atoms with E-state index in [0.29, 0.717) is 0 Å². The SMILES string of the molecule is CCn1nc(CNc2ccc(C)c(Br)c2)c2ccccc21. The molecule has 0 amide bonds. The molecule has 0 saturated heterocycles. The first-order chi connectivity index (χ1) is 10.2. The second-order valence-electron chi connectivity index (χ2n) is 5.10. The molecule has 4 heteroatoms. The molecule has 2 aromatic carbocycles. The van der Waals surface area contributed by atoms with Crippen molar-refractivity contribution in [2.24, 2.45) is 0 Å². The van der Waals surface area contributed by atoms with Gasteiger partial charge < -0.3 is 5.32 Å².